The zero-order chi connectivity index (χ0) is 24.7. The summed E-state index contributed by atoms with van der Waals surface area (Å²) >= 11 is 0. The van der Waals surface area contributed by atoms with Crippen LogP contribution in [0.2, 0.25) is 0 Å². The van der Waals surface area contributed by atoms with E-state index in [1.807, 2.05) is 62.4 Å². The van der Waals surface area contributed by atoms with Gasteiger partial charge in [-0.1, -0.05) is 60.2 Å². The molecular weight excluding hydrogens is 436 g/mol. The molecule has 2 amide bonds. The van der Waals surface area contributed by atoms with Gasteiger partial charge in [0.25, 0.3) is 0 Å². The number of aliphatic carboxylic acids is 1. The number of allylic oxidation sites excluding steroid dienone is 1. The Morgan fingerprint density at radius 3 is 2.09 bits per heavy atom. The fraction of sp³-hybridized carbons (Fsp3) is 0.346. The van der Waals surface area contributed by atoms with Gasteiger partial charge in [0.05, 0.1) is 6.61 Å². The van der Waals surface area contributed by atoms with Crippen LogP contribution in [-0.4, -0.2) is 55.5 Å². The third kappa shape index (κ3) is 6.02. The molecule has 0 radical (unpaired) electrons. The van der Waals surface area contributed by atoms with E-state index in [1.165, 1.54) is 7.11 Å². The number of hydrogen-bond donors (Lipinski definition) is 3. The van der Waals surface area contributed by atoms with Crippen LogP contribution in [-0.2, 0) is 19.1 Å². The van der Waals surface area contributed by atoms with Crippen molar-refractivity contribution >= 4 is 18.0 Å². The Kier molecular flexibility index (Phi) is 8.43. The fourth-order valence-electron chi connectivity index (χ4n) is 3.98. The standard InChI is InChI=1S/C26H30N2O6/c1-16(2)12-13-22(25(30)31)27-24(29)23(15-33-3)28-26(32)34-14-21-19-10-6-4-8-17(19)18-9-5-7-11-20(18)21/h4-12,21-23H,13-15H2,1-3H3,(H,27,29)(H,28,32)(H,30,31). The number of nitrogens with one attached hydrogen (secondary N) is 2. The first-order valence-electron chi connectivity index (χ1n) is 11.1. The highest BCUT2D eigenvalue weighted by Crippen LogP contribution is 2.44. The summed E-state index contributed by atoms with van der Waals surface area (Å²) in [6.45, 7) is 3.64. The molecule has 8 heteroatoms. The van der Waals surface area contributed by atoms with Crippen molar-refractivity contribution in [3.05, 3.63) is 71.3 Å². The molecule has 0 aromatic heterocycles. The van der Waals surface area contributed by atoms with Crippen LogP contribution in [0.1, 0.15) is 37.3 Å². The first-order chi connectivity index (χ1) is 16.3. The summed E-state index contributed by atoms with van der Waals surface area (Å²) in [7, 11) is 1.39. The van der Waals surface area contributed by atoms with Gasteiger partial charge in [-0.05, 0) is 42.5 Å². The Labute approximate surface area is 199 Å². The molecule has 0 aliphatic heterocycles. The number of alkyl carbamates (subject to hydrolysis) is 1. The van der Waals surface area contributed by atoms with Crippen LogP contribution >= 0.6 is 0 Å². The van der Waals surface area contributed by atoms with Crippen molar-refractivity contribution in [3.8, 4) is 11.1 Å². The van der Waals surface area contributed by atoms with Gasteiger partial charge in [0.2, 0.25) is 5.91 Å². The molecule has 0 heterocycles. The first-order valence-corrected chi connectivity index (χ1v) is 11.1. The Hall–Kier alpha value is -3.65. The molecule has 8 nitrogen and oxygen atoms in total. The van der Waals surface area contributed by atoms with Crippen LogP contribution in [0.25, 0.3) is 11.1 Å². The molecule has 0 saturated carbocycles. The second-order valence-corrected chi connectivity index (χ2v) is 8.39. The van der Waals surface area contributed by atoms with Gasteiger partial charge in [0.15, 0.2) is 0 Å². The zero-order valence-corrected chi connectivity index (χ0v) is 19.5. The second-order valence-electron chi connectivity index (χ2n) is 8.39. The van der Waals surface area contributed by atoms with Crippen LogP contribution < -0.4 is 10.6 Å². The molecule has 1 aliphatic rings. The topological polar surface area (TPSA) is 114 Å². The normalized spacial score (nSPS) is 13.7. The van der Waals surface area contributed by atoms with E-state index in [0.717, 1.165) is 27.8 Å². The molecule has 180 valence electrons. The maximum absolute atomic E-state index is 12.7. The van der Waals surface area contributed by atoms with Crippen LogP contribution in [0.3, 0.4) is 0 Å². The number of methoxy groups -OCH3 is 1. The third-order valence-corrected chi connectivity index (χ3v) is 5.66. The lowest BCUT2D eigenvalue weighted by Gasteiger charge is -2.21. The van der Waals surface area contributed by atoms with Crippen LogP contribution in [0.4, 0.5) is 4.79 Å². The van der Waals surface area contributed by atoms with E-state index in [2.05, 4.69) is 10.6 Å². The monoisotopic (exact) mass is 466 g/mol. The number of carboxylic acid groups (broad SMARTS) is 1. The van der Waals surface area contributed by atoms with Gasteiger partial charge in [-0.3, -0.25) is 4.79 Å². The van der Waals surface area contributed by atoms with Gasteiger partial charge >= 0.3 is 12.1 Å². The smallest absolute Gasteiger partial charge is 0.407 e. The zero-order valence-electron chi connectivity index (χ0n) is 19.5. The molecule has 0 bridgehead atoms. The molecule has 3 rings (SSSR count). The summed E-state index contributed by atoms with van der Waals surface area (Å²) in [5, 5.41) is 14.4. The van der Waals surface area contributed by atoms with E-state index < -0.39 is 30.1 Å². The van der Waals surface area contributed by atoms with Crippen molar-refractivity contribution in [3.63, 3.8) is 0 Å². The first kappa shape index (κ1) is 25.0. The summed E-state index contributed by atoms with van der Waals surface area (Å²) in [6, 6.07) is 13.7. The van der Waals surface area contributed by atoms with E-state index in [9.17, 15) is 19.5 Å². The number of carbonyl (C=O) groups excluding carboxylic acids is 2. The molecule has 34 heavy (non-hydrogen) atoms. The Bertz CT molecular complexity index is 1030. The van der Waals surface area contributed by atoms with Gasteiger partial charge in [-0.2, -0.15) is 0 Å². The molecule has 0 spiro atoms. The molecule has 2 atom stereocenters. The van der Waals surface area contributed by atoms with E-state index in [0.29, 0.717) is 0 Å². The van der Waals surface area contributed by atoms with E-state index in [4.69, 9.17) is 9.47 Å². The van der Waals surface area contributed by atoms with Crippen molar-refractivity contribution in [2.45, 2.75) is 38.3 Å². The molecule has 3 N–H and O–H groups in total. The van der Waals surface area contributed by atoms with Crippen LogP contribution in [0.15, 0.2) is 60.2 Å². The lowest BCUT2D eigenvalue weighted by molar-refractivity contribution is -0.142. The van der Waals surface area contributed by atoms with E-state index in [1.54, 1.807) is 6.08 Å². The summed E-state index contributed by atoms with van der Waals surface area (Å²) in [4.78, 5) is 36.7. The number of rotatable bonds is 10. The number of ether oxygens (including phenoxy) is 2. The van der Waals surface area contributed by atoms with E-state index in [-0.39, 0.29) is 25.6 Å². The molecule has 2 aromatic rings. The number of carbonyl (C=O) groups is 3. The average Bonchev–Trinajstić information content (AvgIpc) is 3.13. The van der Waals surface area contributed by atoms with Crippen molar-refractivity contribution in [2.24, 2.45) is 0 Å². The summed E-state index contributed by atoms with van der Waals surface area (Å²) in [6.07, 6.45) is 1.08. The van der Waals surface area contributed by atoms with Gasteiger partial charge in [-0.25, -0.2) is 9.59 Å². The Balaban J connectivity index is 1.63. The van der Waals surface area contributed by atoms with Crippen molar-refractivity contribution in [1.29, 1.82) is 0 Å². The van der Waals surface area contributed by atoms with Gasteiger partial charge < -0.3 is 25.2 Å². The summed E-state index contributed by atoms with van der Waals surface area (Å²) in [5.74, 6) is -1.94. The predicted octanol–water partition coefficient (Wildman–Crippen LogP) is 3.47. The molecule has 1 aliphatic carbocycles. The maximum atomic E-state index is 12.7. The van der Waals surface area contributed by atoms with Gasteiger partial charge in [0.1, 0.15) is 18.7 Å². The number of carboxylic acids is 1. The number of hydrogen-bond acceptors (Lipinski definition) is 5. The quantitative estimate of drug-likeness (QED) is 0.462. The van der Waals surface area contributed by atoms with Crippen molar-refractivity contribution < 1.29 is 29.0 Å². The molecule has 2 aromatic carbocycles. The van der Waals surface area contributed by atoms with Crippen molar-refractivity contribution in [1.82, 2.24) is 10.6 Å². The number of fused-ring (bicyclic) bond motifs is 3. The summed E-state index contributed by atoms with van der Waals surface area (Å²) in [5.41, 5.74) is 5.31. The van der Waals surface area contributed by atoms with Gasteiger partial charge in [-0.15, -0.1) is 0 Å². The third-order valence-electron chi connectivity index (χ3n) is 5.66. The Morgan fingerprint density at radius 2 is 1.56 bits per heavy atom. The Morgan fingerprint density at radius 1 is 0.971 bits per heavy atom. The molecule has 0 fully saturated rings. The SMILES string of the molecule is COCC(NC(=O)OCC1c2ccccc2-c2ccccc21)C(=O)NC(CC=C(C)C)C(=O)O. The highest BCUT2D eigenvalue weighted by atomic mass is 16.5. The predicted molar refractivity (Wildman–Crippen MR) is 127 cm³/mol. The lowest BCUT2D eigenvalue weighted by Crippen LogP contribution is -2.53. The average molecular weight is 467 g/mol. The lowest BCUT2D eigenvalue weighted by atomic mass is 9.98. The highest BCUT2D eigenvalue weighted by molar-refractivity contribution is 5.89. The second kappa shape index (κ2) is 11.5. The maximum Gasteiger partial charge on any atom is 0.407 e. The molecule has 2 unspecified atom stereocenters. The number of amides is 2. The summed E-state index contributed by atoms with van der Waals surface area (Å²) < 4.78 is 10.5. The highest BCUT2D eigenvalue weighted by Gasteiger charge is 2.30. The largest absolute Gasteiger partial charge is 0.480 e. The minimum Gasteiger partial charge on any atom is -0.480 e. The fourth-order valence-corrected chi connectivity index (χ4v) is 3.98. The van der Waals surface area contributed by atoms with Crippen molar-refractivity contribution in [2.75, 3.05) is 20.3 Å². The molecular formula is C26H30N2O6. The van der Waals surface area contributed by atoms with E-state index >= 15 is 0 Å². The number of benzene rings is 2. The van der Waals surface area contributed by atoms with Gasteiger partial charge in [0, 0.05) is 13.0 Å². The minimum absolute atomic E-state index is 0.0967. The molecule has 0 saturated heterocycles. The minimum atomic E-state index is -1.16. The van der Waals surface area contributed by atoms with Crippen LogP contribution in [0.5, 0.6) is 0 Å². The van der Waals surface area contributed by atoms with Crippen LogP contribution in [0, 0.1) is 0 Å².